The van der Waals surface area contributed by atoms with Gasteiger partial charge >= 0.3 is 0 Å². The van der Waals surface area contributed by atoms with Crippen molar-refractivity contribution in [3.8, 4) is 0 Å². The number of thiophene rings is 1. The topological polar surface area (TPSA) is 34.1 Å². The van der Waals surface area contributed by atoms with Crippen molar-refractivity contribution in [2.24, 2.45) is 0 Å². The van der Waals surface area contributed by atoms with Crippen molar-refractivity contribution in [1.29, 1.82) is 0 Å². The third kappa shape index (κ3) is 2.32. The highest BCUT2D eigenvalue weighted by molar-refractivity contribution is 7.92. The Hall–Kier alpha value is -0.350. The van der Waals surface area contributed by atoms with Gasteiger partial charge in [-0.15, -0.1) is 11.3 Å². The quantitative estimate of drug-likeness (QED) is 0.755. The second-order valence-electron chi connectivity index (χ2n) is 2.80. The van der Waals surface area contributed by atoms with E-state index in [4.69, 9.17) is 0 Å². The van der Waals surface area contributed by atoms with Gasteiger partial charge in [-0.3, -0.25) is 0 Å². The molecule has 0 amide bonds. The molecule has 0 radical (unpaired) electrons. The summed E-state index contributed by atoms with van der Waals surface area (Å²) in [6.07, 6.45) is 3.26. The zero-order valence-corrected chi connectivity index (χ0v) is 8.83. The minimum atomic E-state index is -2.98. The minimum absolute atomic E-state index is 0.478. The molecule has 0 aromatic carbocycles. The predicted octanol–water partition coefficient (Wildman–Crippen LogP) is 2.10. The first-order chi connectivity index (χ1) is 5.54. The average molecular weight is 204 g/mol. The molecule has 0 unspecified atom stereocenters. The lowest BCUT2D eigenvalue weighted by Crippen LogP contribution is -1.92. The van der Waals surface area contributed by atoms with E-state index in [1.165, 1.54) is 17.6 Å². The molecule has 0 bridgehead atoms. The fourth-order valence-corrected chi connectivity index (χ4v) is 2.85. The Bertz CT molecular complexity index is 349. The molecule has 0 saturated carbocycles. The number of sulfone groups is 1. The Labute approximate surface area is 77.2 Å². The Morgan fingerprint density at radius 1 is 1.50 bits per heavy atom. The molecule has 1 aromatic rings. The summed E-state index contributed by atoms with van der Waals surface area (Å²) in [5.41, 5.74) is 1.13. The van der Waals surface area contributed by atoms with E-state index >= 15 is 0 Å². The lowest BCUT2D eigenvalue weighted by molar-refractivity contribution is 0.603. The molecular formula is C8H12O2S2. The van der Waals surface area contributed by atoms with Gasteiger partial charge in [0.2, 0.25) is 0 Å². The van der Waals surface area contributed by atoms with Crippen LogP contribution < -0.4 is 0 Å². The Morgan fingerprint density at radius 2 is 2.17 bits per heavy atom. The maximum Gasteiger partial charge on any atom is 0.184 e. The van der Waals surface area contributed by atoms with Crippen molar-refractivity contribution in [3.63, 3.8) is 0 Å². The second kappa shape index (κ2) is 3.58. The number of aryl methyl sites for hydroxylation is 1. The third-order valence-electron chi connectivity index (χ3n) is 1.53. The first-order valence-electron chi connectivity index (χ1n) is 3.81. The molecule has 4 heteroatoms. The van der Waals surface area contributed by atoms with Crippen LogP contribution in [0, 0.1) is 0 Å². The summed E-state index contributed by atoms with van der Waals surface area (Å²) in [5.74, 6) is 0. The van der Waals surface area contributed by atoms with E-state index in [2.05, 4.69) is 6.92 Å². The Morgan fingerprint density at radius 3 is 2.58 bits per heavy atom. The molecule has 1 aromatic heterocycles. The van der Waals surface area contributed by atoms with E-state index in [1.807, 2.05) is 5.38 Å². The Balaban J connectivity index is 2.92. The number of rotatable bonds is 3. The van der Waals surface area contributed by atoms with E-state index in [0.717, 1.165) is 18.4 Å². The summed E-state index contributed by atoms with van der Waals surface area (Å²) >= 11 is 1.31. The van der Waals surface area contributed by atoms with Crippen LogP contribution in [0.25, 0.3) is 0 Å². The summed E-state index contributed by atoms with van der Waals surface area (Å²) in [6, 6.07) is 1.77. The first-order valence-corrected chi connectivity index (χ1v) is 6.58. The van der Waals surface area contributed by atoms with Crippen LogP contribution in [-0.4, -0.2) is 14.7 Å². The third-order valence-corrected chi connectivity index (χ3v) is 4.35. The molecule has 0 spiro atoms. The van der Waals surface area contributed by atoms with Gasteiger partial charge in [-0.25, -0.2) is 8.42 Å². The summed E-state index contributed by atoms with van der Waals surface area (Å²) in [6.45, 7) is 2.08. The van der Waals surface area contributed by atoms with E-state index < -0.39 is 9.84 Å². The summed E-state index contributed by atoms with van der Waals surface area (Å²) in [4.78, 5) is 0. The molecule has 12 heavy (non-hydrogen) atoms. The van der Waals surface area contributed by atoms with Gasteiger partial charge in [0.05, 0.1) is 0 Å². The number of hydrogen-bond acceptors (Lipinski definition) is 3. The molecule has 68 valence electrons. The molecule has 0 fully saturated rings. The first kappa shape index (κ1) is 9.74. The molecular weight excluding hydrogens is 192 g/mol. The maximum atomic E-state index is 11.1. The molecule has 0 aliphatic rings. The van der Waals surface area contributed by atoms with Gasteiger partial charge in [-0.05, 0) is 23.4 Å². The van der Waals surface area contributed by atoms with E-state index in [-0.39, 0.29) is 0 Å². The Kier molecular flexibility index (Phi) is 2.90. The minimum Gasteiger partial charge on any atom is -0.223 e. The van der Waals surface area contributed by atoms with Crippen LogP contribution in [0.5, 0.6) is 0 Å². The maximum absolute atomic E-state index is 11.1. The van der Waals surface area contributed by atoms with Crippen LogP contribution in [0.2, 0.25) is 0 Å². The van der Waals surface area contributed by atoms with Crippen LogP contribution >= 0.6 is 11.3 Å². The molecule has 0 atom stereocenters. The normalized spacial score (nSPS) is 11.8. The highest BCUT2D eigenvalue weighted by Crippen LogP contribution is 2.20. The molecule has 0 N–H and O–H groups in total. The van der Waals surface area contributed by atoms with Gasteiger partial charge in [0.15, 0.2) is 9.84 Å². The smallest absolute Gasteiger partial charge is 0.184 e. The van der Waals surface area contributed by atoms with Crippen LogP contribution in [0.4, 0.5) is 0 Å². The van der Waals surface area contributed by atoms with Crippen LogP contribution in [0.3, 0.4) is 0 Å². The van der Waals surface area contributed by atoms with Crippen LogP contribution in [0.15, 0.2) is 15.7 Å². The fraction of sp³-hybridized carbons (Fsp3) is 0.500. The molecule has 1 rings (SSSR count). The van der Waals surface area contributed by atoms with Crippen LogP contribution in [-0.2, 0) is 16.3 Å². The van der Waals surface area contributed by atoms with Gasteiger partial charge in [0, 0.05) is 6.26 Å². The van der Waals surface area contributed by atoms with Gasteiger partial charge in [-0.1, -0.05) is 13.3 Å². The average Bonchev–Trinajstić information content (AvgIpc) is 2.35. The van der Waals surface area contributed by atoms with Gasteiger partial charge in [0.25, 0.3) is 0 Å². The number of hydrogen-bond donors (Lipinski definition) is 0. The highest BCUT2D eigenvalue weighted by Gasteiger charge is 2.09. The van der Waals surface area contributed by atoms with Gasteiger partial charge < -0.3 is 0 Å². The molecule has 0 saturated heterocycles. The van der Waals surface area contributed by atoms with E-state index in [9.17, 15) is 8.42 Å². The van der Waals surface area contributed by atoms with Crippen molar-refractivity contribution in [1.82, 2.24) is 0 Å². The SMILES string of the molecule is CCCc1csc(S(C)(=O)=O)c1. The largest absolute Gasteiger partial charge is 0.223 e. The predicted molar refractivity (Wildman–Crippen MR) is 51.4 cm³/mol. The van der Waals surface area contributed by atoms with Crippen molar-refractivity contribution in [3.05, 3.63) is 17.0 Å². The monoisotopic (exact) mass is 204 g/mol. The van der Waals surface area contributed by atoms with Crippen molar-refractivity contribution in [2.45, 2.75) is 24.0 Å². The van der Waals surface area contributed by atoms with E-state index in [1.54, 1.807) is 6.07 Å². The second-order valence-corrected chi connectivity index (χ2v) is 5.95. The summed E-state index contributed by atoms with van der Waals surface area (Å²) in [7, 11) is -2.98. The summed E-state index contributed by atoms with van der Waals surface area (Å²) < 4.78 is 22.6. The zero-order chi connectivity index (χ0) is 9.19. The fourth-order valence-electron chi connectivity index (χ4n) is 0.967. The molecule has 1 heterocycles. The van der Waals surface area contributed by atoms with Crippen molar-refractivity contribution in [2.75, 3.05) is 6.26 Å². The molecule has 2 nitrogen and oxygen atoms in total. The highest BCUT2D eigenvalue weighted by atomic mass is 32.2. The van der Waals surface area contributed by atoms with Crippen molar-refractivity contribution >= 4 is 21.2 Å². The van der Waals surface area contributed by atoms with E-state index in [0.29, 0.717) is 4.21 Å². The van der Waals surface area contributed by atoms with Crippen LogP contribution in [0.1, 0.15) is 18.9 Å². The van der Waals surface area contributed by atoms with Gasteiger partial charge in [-0.2, -0.15) is 0 Å². The summed E-state index contributed by atoms with van der Waals surface area (Å²) in [5, 5.41) is 1.92. The lowest BCUT2D eigenvalue weighted by atomic mass is 10.2. The lowest BCUT2D eigenvalue weighted by Gasteiger charge is -1.90. The standard InChI is InChI=1S/C8H12O2S2/c1-3-4-7-5-8(11-6-7)12(2,9)10/h5-6H,3-4H2,1-2H3. The molecule has 0 aliphatic heterocycles. The van der Waals surface area contributed by atoms with Gasteiger partial charge in [0.1, 0.15) is 4.21 Å². The zero-order valence-electron chi connectivity index (χ0n) is 7.20. The molecule has 0 aliphatic carbocycles. The van der Waals surface area contributed by atoms with Crippen molar-refractivity contribution < 1.29 is 8.42 Å².